The molecule has 1 fully saturated rings. The van der Waals surface area contributed by atoms with Gasteiger partial charge in [0.15, 0.2) is 0 Å². The van der Waals surface area contributed by atoms with Crippen molar-refractivity contribution in [3.8, 4) is 0 Å². The first-order valence-electron chi connectivity index (χ1n) is 12.9. The van der Waals surface area contributed by atoms with Crippen molar-refractivity contribution in [3.05, 3.63) is 53.7 Å². The standard InChI is InChI=1S/C29H38N4O3/c1-19(2)36-24-11-8-21(9-12-24)29(35)33(5)26-17-22(23-14-16-32(4)27(34)18-23)10-13-25(26)31-28-20(3)7-6-15-30-28/h6-7,10,13-15,17,19,21,24H,8-9,11-12,16,18H2,1-5H3,(H,30,31)/t21-,24-. The lowest BCUT2D eigenvalue weighted by Gasteiger charge is -2.32. The molecule has 0 bridgehead atoms. The van der Waals surface area contributed by atoms with Crippen molar-refractivity contribution in [2.24, 2.45) is 5.92 Å². The van der Waals surface area contributed by atoms with Gasteiger partial charge in [-0.3, -0.25) is 9.59 Å². The summed E-state index contributed by atoms with van der Waals surface area (Å²) in [6, 6.07) is 9.94. The second-order valence-electron chi connectivity index (χ2n) is 10.3. The first-order chi connectivity index (χ1) is 17.2. The van der Waals surface area contributed by atoms with Gasteiger partial charge in [-0.15, -0.1) is 0 Å². The van der Waals surface area contributed by atoms with Crippen LogP contribution in [0.5, 0.6) is 0 Å². The normalized spacial score (nSPS) is 20.3. The molecule has 1 N–H and O–H groups in total. The van der Waals surface area contributed by atoms with E-state index in [0.717, 1.165) is 59.6 Å². The number of hydrogen-bond donors (Lipinski definition) is 1. The zero-order valence-electron chi connectivity index (χ0n) is 22.1. The van der Waals surface area contributed by atoms with Crippen molar-refractivity contribution in [1.82, 2.24) is 9.88 Å². The monoisotopic (exact) mass is 490 g/mol. The van der Waals surface area contributed by atoms with Crippen LogP contribution in [0.15, 0.2) is 42.6 Å². The number of hydrogen-bond acceptors (Lipinski definition) is 5. The van der Waals surface area contributed by atoms with E-state index in [1.54, 1.807) is 16.0 Å². The Hall–Kier alpha value is -3.19. The predicted octanol–water partition coefficient (Wildman–Crippen LogP) is 5.33. The molecule has 1 aliphatic heterocycles. The summed E-state index contributed by atoms with van der Waals surface area (Å²) in [6.45, 7) is 6.71. The Morgan fingerprint density at radius 1 is 1.19 bits per heavy atom. The van der Waals surface area contributed by atoms with Gasteiger partial charge in [-0.2, -0.15) is 0 Å². The average Bonchev–Trinajstić information content (AvgIpc) is 2.86. The summed E-state index contributed by atoms with van der Waals surface area (Å²) in [5, 5.41) is 3.43. The zero-order chi connectivity index (χ0) is 25.8. The quantitative estimate of drug-likeness (QED) is 0.568. The number of pyridine rings is 1. The summed E-state index contributed by atoms with van der Waals surface area (Å²) < 4.78 is 5.98. The Kier molecular flexibility index (Phi) is 8.09. The molecular weight excluding hydrogens is 452 g/mol. The fourth-order valence-electron chi connectivity index (χ4n) is 5.02. The predicted molar refractivity (Wildman–Crippen MR) is 144 cm³/mol. The topological polar surface area (TPSA) is 74.8 Å². The van der Waals surface area contributed by atoms with Crippen LogP contribution in [0.1, 0.15) is 57.1 Å². The third-order valence-corrected chi connectivity index (χ3v) is 7.19. The maximum Gasteiger partial charge on any atom is 0.229 e. The molecule has 1 aromatic carbocycles. The fourth-order valence-corrected chi connectivity index (χ4v) is 5.02. The summed E-state index contributed by atoms with van der Waals surface area (Å²) in [4.78, 5) is 34.0. The second-order valence-corrected chi connectivity index (χ2v) is 10.3. The van der Waals surface area contributed by atoms with Gasteiger partial charge in [-0.05, 0) is 81.4 Å². The molecule has 2 aliphatic rings. The van der Waals surface area contributed by atoms with E-state index in [2.05, 4.69) is 30.2 Å². The van der Waals surface area contributed by atoms with Crippen molar-refractivity contribution in [1.29, 1.82) is 0 Å². The minimum absolute atomic E-state index is 0.0285. The van der Waals surface area contributed by atoms with E-state index in [9.17, 15) is 9.59 Å². The van der Waals surface area contributed by atoms with Crippen LogP contribution >= 0.6 is 0 Å². The number of nitrogens with one attached hydrogen (secondary N) is 1. The minimum Gasteiger partial charge on any atom is -0.376 e. The van der Waals surface area contributed by atoms with Crippen LogP contribution in [0.3, 0.4) is 0 Å². The van der Waals surface area contributed by atoms with Crippen molar-refractivity contribution >= 4 is 34.6 Å². The third kappa shape index (κ3) is 5.95. The van der Waals surface area contributed by atoms with Crippen molar-refractivity contribution in [3.63, 3.8) is 0 Å². The highest BCUT2D eigenvalue weighted by atomic mass is 16.5. The number of carbonyl (C=O) groups excluding carboxylic acids is 2. The molecule has 2 amide bonds. The lowest BCUT2D eigenvalue weighted by Crippen LogP contribution is -2.37. The van der Waals surface area contributed by atoms with E-state index in [0.29, 0.717) is 13.0 Å². The largest absolute Gasteiger partial charge is 0.376 e. The van der Waals surface area contributed by atoms with Crippen LogP contribution in [0.2, 0.25) is 0 Å². The number of aromatic nitrogens is 1. The maximum absolute atomic E-state index is 13.6. The van der Waals surface area contributed by atoms with E-state index in [4.69, 9.17) is 4.74 Å². The highest BCUT2D eigenvalue weighted by Crippen LogP contribution is 2.36. The van der Waals surface area contributed by atoms with Gasteiger partial charge in [0.25, 0.3) is 0 Å². The molecule has 0 atom stereocenters. The Morgan fingerprint density at radius 3 is 2.61 bits per heavy atom. The van der Waals surface area contributed by atoms with E-state index < -0.39 is 0 Å². The molecule has 192 valence electrons. The number of likely N-dealkylation sites (N-methyl/N-ethyl adjacent to an activating group) is 1. The molecule has 0 spiro atoms. The fraction of sp³-hybridized carbons (Fsp3) is 0.483. The van der Waals surface area contributed by atoms with Crippen molar-refractivity contribution < 1.29 is 14.3 Å². The van der Waals surface area contributed by atoms with Gasteiger partial charge >= 0.3 is 0 Å². The van der Waals surface area contributed by atoms with E-state index in [1.807, 2.05) is 51.4 Å². The number of amides is 2. The molecule has 7 nitrogen and oxygen atoms in total. The van der Waals surface area contributed by atoms with Crippen LogP contribution in [-0.2, 0) is 14.3 Å². The number of carbonyl (C=O) groups is 2. The molecule has 7 heteroatoms. The molecule has 2 aromatic rings. The number of nitrogens with zero attached hydrogens (tertiary/aromatic N) is 3. The molecule has 0 radical (unpaired) electrons. The number of anilines is 3. The van der Waals surface area contributed by atoms with Crippen LogP contribution in [0.4, 0.5) is 17.2 Å². The second kappa shape index (κ2) is 11.2. The van der Waals surface area contributed by atoms with E-state index in [1.165, 1.54) is 0 Å². The minimum atomic E-state index is -0.0285. The summed E-state index contributed by atoms with van der Waals surface area (Å²) in [5.74, 6) is 0.946. The molecule has 1 saturated carbocycles. The average molecular weight is 491 g/mol. The summed E-state index contributed by atoms with van der Waals surface area (Å²) in [7, 11) is 3.67. The van der Waals surface area contributed by atoms with Crippen LogP contribution in [-0.4, -0.2) is 54.5 Å². The molecule has 4 rings (SSSR count). The van der Waals surface area contributed by atoms with Gasteiger partial charge in [0.1, 0.15) is 5.82 Å². The van der Waals surface area contributed by atoms with Crippen LogP contribution < -0.4 is 10.2 Å². The zero-order valence-corrected chi connectivity index (χ0v) is 22.1. The van der Waals surface area contributed by atoms with Crippen molar-refractivity contribution in [2.75, 3.05) is 30.9 Å². The van der Waals surface area contributed by atoms with E-state index >= 15 is 0 Å². The smallest absolute Gasteiger partial charge is 0.229 e. The van der Waals surface area contributed by atoms with Crippen LogP contribution in [0, 0.1) is 12.8 Å². The summed E-state index contributed by atoms with van der Waals surface area (Å²) >= 11 is 0. The first-order valence-corrected chi connectivity index (χ1v) is 12.9. The SMILES string of the molecule is Cc1cccnc1Nc1ccc(C2=CCN(C)C(=O)C2)cc1N(C)C(=O)[C@H]1CC[C@H](OC(C)C)CC1. The van der Waals surface area contributed by atoms with Gasteiger partial charge in [0, 0.05) is 32.8 Å². The van der Waals surface area contributed by atoms with Crippen molar-refractivity contribution in [2.45, 2.75) is 65.1 Å². The van der Waals surface area contributed by atoms with E-state index in [-0.39, 0.29) is 29.9 Å². The lowest BCUT2D eigenvalue weighted by molar-refractivity contribution is -0.128. The molecular formula is C29H38N4O3. The van der Waals surface area contributed by atoms with Gasteiger partial charge in [-0.1, -0.05) is 18.2 Å². The Balaban J connectivity index is 1.61. The number of aryl methyl sites for hydroxylation is 1. The molecule has 2 heterocycles. The van der Waals surface area contributed by atoms with Gasteiger partial charge in [0.2, 0.25) is 11.8 Å². The Labute approximate surface area is 214 Å². The number of rotatable bonds is 7. The molecule has 1 aliphatic carbocycles. The molecule has 0 unspecified atom stereocenters. The highest BCUT2D eigenvalue weighted by Gasteiger charge is 2.30. The van der Waals surface area contributed by atoms with Gasteiger partial charge in [-0.25, -0.2) is 4.98 Å². The Bertz CT molecular complexity index is 1140. The first kappa shape index (κ1) is 25.9. The number of ether oxygens (including phenoxy) is 1. The molecule has 1 aromatic heterocycles. The summed E-state index contributed by atoms with van der Waals surface area (Å²) in [6.07, 6.45) is 8.12. The van der Waals surface area contributed by atoms with Gasteiger partial charge in [0.05, 0.1) is 30.0 Å². The molecule has 36 heavy (non-hydrogen) atoms. The summed E-state index contributed by atoms with van der Waals surface area (Å²) in [5.41, 5.74) is 4.58. The Morgan fingerprint density at radius 2 is 1.94 bits per heavy atom. The highest BCUT2D eigenvalue weighted by molar-refractivity contribution is 5.99. The third-order valence-electron chi connectivity index (χ3n) is 7.19. The lowest BCUT2D eigenvalue weighted by atomic mass is 9.86. The van der Waals surface area contributed by atoms with Crippen LogP contribution in [0.25, 0.3) is 5.57 Å². The van der Waals surface area contributed by atoms with Gasteiger partial charge < -0.3 is 19.9 Å². The maximum atomic E-state index is 13.6. The molecule has 0 saturated heterocycles. The number of benzene rings is 1.